The molecule has 0 fully saturated rings. The summed E-state index contributed by atoms with van der Waals surface area (Å²) in [6, 6.07) is 11.6. The van der Waals surface area contributed by atoms with Gasteiger partial charge in [-0.05, 0) is 24.3 Å². The van der Waals surface area contributed by atoms with Crippen molar-refractivity contribution in [1.82, 2.24) is 5.32 Å². The van der Waals surface area contributed by atoms with E-state index in [2.05, 4.69) is 11.2 Å². The number of halogens is 1. The summed E-state index contributed by atoms with van der Waals surface area (Å²) in [5.41, 5.74) is 0.996. The summed E-state index contributed by atoms with van der Waals surface area (Å²) in [5.74, 6) is 2.15. The van der Waals surface area contributed by atoms with Crippen molar-refractivity contribution in [2.45, 2.75) is 0 Å². The smallest absolute Gasteiger partial charge is 0.244 e. The minimum Gasteiger partial charge on any atom is -0.342 e. The molecule has 1 N–H and O–H groups in total. The van der Waals surface area contributed by atoms with Gasteiger partial charge in [0.1, 0.15) is 0 Å². The van der Waals surface area contributed by atoms with E-state index >= 15 is 0 Å². The molecule has 0 atom stereocenters. The molecule has 20 heavy (non-hydrogen) atoms. The fraction of sp³-hybridized carbons (Fsp3) is 0.0625. The predicted molar refractivity (Wildman–Crippen MR) is 85.6 cm³/mol. The van der Waals surface area contributed by atoms with Gasteiger partial charge in [0, 0.05) is 26.4 Å². The second kappa shape index (κ2) is 6.95. The molecule has 0 radical (unpaired) electrons. The monoisotopic (exact) mass is 301 g/mol. The molecule has 0 aliphatic heterocycles. The molecule has 1 heterocycles. The van der Waals surface area contributed by atoms with Crippen LogP contribution in [0.3, 0.4) is 0 Å². The van der Waals surface area contributed by atoms with Crippen LogP contribution in [0.4, 0.5) is 0 Å². The molecule has 0 saturated carbocycles. The Bertz CT molecular complexity index is 682. The lowest BCUT2D eigenvalue weighted by Gasteiger charge is -1.99. The molecule has 0 bridgehead atoms. The molecule has 0 aliphatic rings. The molecule has 1 amide bonds. The van der Waals surface area contributed by atoms with E-state index < -0.39 is 0 Å². The number of hydrogen-bond donors (Lipinski definition) is 1. The van der Waals surface area contributed by atoms with Crippen molar-refractivity contribution in [3.63, 3.8) is 0 Å². The minimum absolute atomic E-state index is 0.198. The SMILES string of the molecule is C#CCNC(=O)C=Cc1ccc(-c2ccccc2Cl)s1. The van der Waals surface area contributed by atoms with Crippen LogP contribution < -0.4 is 5.32 Å². The highest BCUT2D eigenvalue weighted by Gasteiger charge is 2.05. The van der Waals surface area contributed by atoms with E-state index in [-0.39, 0.29) is 12.5 Å². The van der Waals surface area contributed by atoms with Crippen LogP contribution in [0.5, 0.6) is 0 Å². The summed E-state index contributed by atoms with van der Waals surface area (Å²) in [6.07, 6.45) is 8.30. The predicted octanol–water partition coefficient (Wildman–Crippen LogP) is 3.83. The third-order valence-corrected chi connectivity index (χ3v) is 3.94. The Morgan fingerprint density at radius 3 is 2.90 bits per heavy atom. The highest BCUT2D eigenvalue weighted by atomic mass is 35.5. The van der Waals surface area contributed by atoms with Gasteiger partial charge in [0.2, 0.25) is 5.91 Å². The van der Waals surface area contributed by atoms with Gasteiger partial charge in [-0.1, -0.05) is 35.7 Å². The van der Waals surface area contributed by atoms with Crippen LogP contribution in [0.2, 0.25) is 5.02 Å². The molecule has 1 aromatic carbocycles. The van der Waals surface area contributed by atoms with Crippen LogP contribution in [0.1, 0.15) is 4.88 Å². The fourth-order valence-electron chi connectivity index (χ4n) is 1.60. The van der Waals surface area contributed by atoms with Crippen LogP contribution in [0.25, 0.3) is 16.5 Å². The quantitative estimate of drug-likeness (QED) is 0.675. The Morgan fingerprint density at radius 2 is 2.15 bits per heavy atom. The Labute approximate surface area is 127 Å². The van der Waals surface area contributed by atoms with Crippen LogP contribution in [-0.4, -0.2) is 12.5 Å². The van der Waals surface area contributed by atoms with E-state index in [0.717, 1.165) is 20.3 Å². The molecule has 2 rings (SSSR count). The first-order valence-corrected chi connectivity index (χ1v) is 7.14. The van der Waals surface area contributed by atoms with Gasteiger partial charge < -0.3 is 5.32 Å². The topological polar surface area (TPSA) is 29.1 Å². The number of hydrogen-bond acceptors (Lipinski definition) is 2. The van der Waals surface area contributed by atoms with Crippen molar-refractivity contribution in [3.05, 3.63) is 52.4 Å². The summed E-state index contributed by atoms with van der Waals surface area (Å²) in [4.78, 5) is 13.4. The van der Waals surface area contributed by atoms with Crippen molar-refractivity contribution in [1.29, 1.82) is 0 Å². The van der Waals surface area contributed by atoms with Crippen molar-refractivity contribution >= 4 is 34.9 Å². The average Bonchev–Trinajstić information content (AvgIpc) is 2.92. The minimum atomic E-state index is -0.198. The number of nitrogens with one attached hydrogen (secondary N) is 1. The van der Waals surface area contributed by atoms with Crippen molar-refractivity contribution in [2.24, 2.45) is 0 Å². The largest absolute Gasteiger partial charge is 0.342 e. The summed E-state index contributed by atoms with van der Waals surface area (Å²) in [5, 5.41) is 3.29. The van der Waals surface area contributed by atoms with Crippen LogP contribution >= 0.6 is 22.9 Å². The number of thiophene rings is 1. The molecule has 4 heteroatoms. The van der Waals surface area contributed by atoms with Gasteiger partial charge in [-0.2, -0.15) is 0 Å². The molecule has 2 nitrogen and oxygen atoms in total. The molecule has 0 aliphatic carbocycles. The summed E-state index contributed by atoms with van der Waals surface area (Å²) >= 11 is 7.73. The lowest BCUT2D eigenvalue weighted by Crippen LogP contribution is -2.20. The molecule has 0 saturated heterocycles. The van der Waals surface area contributed by atoms with Gasteiger partial charge >= 0.3 is 0 Å². The second-order valence-electron chi connectivity index (χ2n) is 3.94. The Kier molecular flexibility index (Phi) is 5.00. The van der Waals surface area contributed by atoms with Crippen LogP contribution in [0.15, 0.2) is 42.5 Å². The average molecular weight is 302 g/mol. The van der Waals surface area contributed by atoms with Gasteiger partial charge in [-0.15, -0.1) is 17.8 Å². The molecule has 0 spiro atoms. The highest BCUT2D eigenvalue weighted by Crippen LogP contribution is 2.33. The van der Waals surface area contributed by atoms with Crippen molar-refractivity contribution < 1.29 is 4.79 Å². The van der Waals surface area contributed by atoms with Gasteiger partial charge in [0.25, 0.3) is 0 Å². The standard InChI is InChI=1S/C16H12ClNOS/c1-2-11-18-16(19)10-8-12-7-9-15(20-12)13-5-3-4-6-14(13)17/h1,3-10H,11H2,(H,18,19). The molecular weight excluding hydrogens is 290 g/mol. The first-order chi connectivity index (χ1) is 9.70. The van der Waals surface area contributed by atoms with E-state index in [1.54, 1.807) is 17.4 Å². The third-order valence-electron chi connectivity index (χ3n) is 2.53. The number of benzene rings is 1. The first kappa shape index (κ1) is 14.4. The maximum atomic E-state index is 11.4. The zero-order valence-electron chi connectivity index (χ0n) is 10.6. The van der Waals surface area contributed by atoms with E-state index in [1.807, 2.05) is 36.4 Å². The number of rotatable bonds is 4. The lowest BCUT2D eigenvalue weighted by atomic mass is 10.2. The van der Waals surface area contributed by atoms with E-state index in [1.165, 1.54) is 6.08 Å². The number of carbonyl (C=O) groups is 1. The normalized spacial score (nSPS) is 10.4. The number of carbonyl (C=O) groups excluding carboxylic acids is 1. The van der Waals surface area contributed by atoms with Gasteiger partial charge in [0.15, 0.2) is 0 Å². The molecule has 1 aromatic heterocycles. The maximum Gasteiger partial charge on any atom is 0.244 e. The number of terminal acetylenes is 1. The zero-order valence-corrected chi connectivity index (χ0v) is 12.2. The third kappa shape index (κ3) is 3.74. The van der Waals surface area contributed by atoms with E-state index in [4.69, 9.17) is 18.0 Å². The second-order valence-corrected chi connectivity index (χ2v) is 5.46. The lowest BCUT2D eigenvalue weighted by molar-refractivity contribution is -0.116. The Hall–Kier alpha value is -2.02. The Balaban J connectivity index is 2.10. The molecule has 2 aromatic rings. The maximum absolute atomic E-state index is 11.4. The first-order valence-electron chi connectivity index (χ1n) is 5.95. The fourth-order valence-corrected chi connectivity index (χ4v) is 2.85. The Morgan fingerprint density at radius 1 is 1.35 bits per heavy atom. The van der Waals surface area contributed by atoms with E-state index in [9.17, 15) is 4.79 Å². The summed E-state index contributed by atoms with van der Waals surface area (Å²) in [7, 11) is 0. The summed E-state index contributed by atoms with van der Waals surface area (Å²) < 4.78 is 0. The van der Waals surface area contributed by atoms with Gasteiger partial charge in [-0.3, -0.25) is 4.79 Å². The van der Waals surface area contributed by atoms with Crippen LogP contribution in [-0.2, 0) is 4.79 Å². The van der Waals surface area contributed by atoms with Crippen molar-refractivity contribution in [2.75, 3.05) is 6.54 Å². The van der Waals surface area contributed by atoms with Gasteiger partial charge in [0.05, 0.1) is 6.54 Å². The molecule has 0 unspecified atom stereocenters. The molecule has 100 valence electrons. The van der Waals surface area contributed by atoms with Gasteiger partial charge in [-0.25, -0.2) is 0 Å². The summed E-state index contributed by atoms with van der Waals surface area (Å²) in [6.45, 7) is 0.235. The van der Waals surface area contributed by atoms with Crippen molar-refractivity contribution in [3.8, 4) is 22.8 Å². The zero-order chi connectivity index (χ0) is 14.4. The highest BCUT2D eigenvalue weighted by molar-refractivity contribution is 7.16. The number of amides is 1. The molecular formula is C16H12ClNOS. The van der Waals surface area contributed by atoms with E-state index in [0.29, 0.717) is 0 Å². The van der Waals surface area contributed by atoms with Crippen LogP contribution in [0, 0.1) is 12.3 Å².